The van der Waals surface area contributed by atoms with Crippen molar-refractivity contribution < 1.29 is 14.3 Å². The number of benzene rings is 2. The van der Waals surface area contributed by atoms with Crippen LogP contribution >= 0.6 is 0 Å². The molecule has 2 fully saturated rings. The number of fused-ring (bicyclic) bond motifs is 3. The van der Waals surface area contributed by atoms with E-state index in [4.69, 9.17) is 9.47 Å². The smallest absolute Gasteiger partial charge is 0.256 e. The SMILES string of the molecule is COc1cc2c(cc1OCCCN1CCN(c3ncnc4ccccc34)CC1)N=CC1CCCN1C2=O. The van der Waals surface area contributed by atoms with Crippen LogP contribution in [0.5, 0.6) is 11.5 Å². The highest BCUT2D eigenvalue weighted by Gasteiger charge is 2.32. The fourth-order valence-corrected chi connectivity index (χ4v) is 5.52. The number of ether oxygens (including phenoxy) is 2. The predicted octanol–water partition coefficient (Wildman–Crippen LogP) is 3.55. The average Bonchev–Trinajstić information content (AvgIpc) is 3.38. The van der Waals surface area contributed by atoms with Gasteiger partial charge in [0.15, 0.2) is 11.5 Å². The van der Waals surface area contributed by atoms with Gasteiger partial charge in [-0.2, -0.15) is 0 Å². The molecule has 0 saturated carbocycles. The fraction of sp³-hybridized carbons (Fsp3) is 0.429. The Hall–Kier alpha value is -3.72. The molecule has 37 heavy (non-hydrogen) atoms. The van der Waals surface area contributed by atoms with Crippen LogP contribution < -0.4 is 14.4 Å². The zero-order chi connectivity index (χ0) is 25.2. The van der Waals surface area contributed by atoms with E-state index in [9.17, 15) is 4.79 Å². The molecule has 3 aliphatic rings. The van der Waals surface area contributed by atoms with Gasteiger partial charge in [0.1, 0.15) is 12.1 Å². The maximum Gasteiger partial charge on any atom is 0.256 e. The zero-order valence-corrected chi connectivity index (χ0v) is 21.2. The Labute approximate surface area is 216 Å². The quantitative estimate of drug-likeness (QED) is 0.459. The van der Waals surface area contributed by atoms with Gasteiger partial charge in [-0.15, -0.1) is 0 Å². The molecule has 1 aromatic heterocycles. The summed E-state index contributed by atoms with van der Waals surface area (Å²) in [6, 6.07) is 11.9. The lowest BCUT2D eigenvalue weighted by atomic mass is 10.1. The first-order chi connectivity index (χ1) is 18.2. The number of carbonyl (C=O) groups excluding carboxylic acids is 1. The highest BCUT2D eigenvalue weighted by molar-refractivity contribution is 6.03. The number of methoxy groups -OCH3 is 1. The molecule has 0 aliphatic carbocycles. The molecule has 1 atom stereocenters. The summed E-state index contributed by atoms with van der Waals surface area (Å²) in [4.78, 5) is 33.3. The maximum absolute atomic E-state index is 13.0. The number of piperazine rings is 1. The van der Waals surface area contributed by atoms with Crippen molar-refractivity contribution in [2.45, 2.75) is 25.3 Å². The summed E-state index contributed by atoms with van der Waals surface area (Å²) in [7, 11) is 1.61. The van der Waals surface area contributed by atoms with Crippen molar-refractivity contribution in [1.82, 2.24) is 19.8 Å². The molecule has 1 unspecified atom stereocenters. The van der Waals surface area contributed by atoms with Gasteiger partial charge < -0.3 is 19.3 Å². The van der Waals surface area contributed by atoms with Crippen LogP contribution in [0.2, 0.25) is 0 Å². The van der Waals surface area contributed by atoms with E-state index in [0.717, 1.165) is 75.3 Å². The first-order valence-electron chi connectivity index (χ1n) is 13.1. The van der Waals surface area contributed by atoms with E-state index < -0.39 is 0 Å². The first kappa shape index (κ1) is 23.7. The zero-order valence-electron chi connectivity index (χ0n) is 21.2. The van der Waals surface area contributed by atoms with Gasteiger partial charge in [-0.3, -0.25) is 14.7 Å². The topological polar surface area (TPSA) is 83.4 Å². The molecule has 192 valence electrons. The van der Waals surface area contributed by atoms with E-state index in [-0.39, 0.29) is 11.9 Å². The van der Waals surface area contributed by atoms with Gasteiger partial charge in [0.25, 0.3) is 5.91 Å². The first-order valence-corrected chi connectivity index (χ1v) is 13.1. The lowest BCUT2D eigenvalue weighted by Gasteiger charge is -2.35. The van der Waals surface area contributed by atoms with Crippen LogP contribution in [0, 0.1) is 0 Å². The monoisotopic (exact) mass is 500 g/mol. The fourth-order valence-electron chi connectivity index (χ4n) is 5.52. The molecule has 0 radical (unpaired) electrons. The average molecular weight is 501 g/mol. The lowest BCUT2D eigenvalue weighted by molar-refractivity contribution is 0.0774. The predicted molar refractivity (Wildman–Crippen MR) is 144 cm³/mol. The van der Waals surface area contributed by atoms with Crippen LogP contribution in [0.3, 0.4) is 0 Å². The molecule has 9 nitrogen and oxygen atoms in total. The van der Waals surface area contributed by atoms with E-state index in [2.05, 4.69) is 30.8 Å². The molecular weight excluding hydrogens is 468 g/mol. The van der Waals surface area contributed by atoms with Crippen LogP contribution in [0.25, 0.3) is 10.9 Å². The van der Waals surface area contributed by atoms with Crippen LogP contribution in [-0.2, 0) is 0 Å². The van der Waals surface area contributed by atoms with Gasteiger partial charge in [0.05, 0.1) is 36.5 Å². The standard InChI is InChI=1S/C28H32N6O3/c1-36-25-16-22-24(29-18-20-6-4-10-34(20)28(22)35)17-26(25)37-15-5-9-32-11-13-33(14-12-32)27-21-7-2-3-8-23(21)30-19-31-27/h2-3,7-8,16-20H,4-6,9-15H2,1H3. The van der Waals surface area contributed by atoms with Crippen LogP contribution in [0.15, 0.2) is 47.7 Å². The summed E-state index contributed by atoms with van der Waals surface area (Å²) in [6.07, 6.45) is 6.44. The summed E-state index contributed by atoms with van der Waals surface area (Å²) >= 11 is 0. The van der Waals surface area contributed by atoms with Crippen molar-refractivity contribution in [3.05, 3.63) is 48.3 Å². The third kappa shape index (κ3) is 4.71. The maximum atomic E-state index is 13.0. The van der Waals surface area contributed by atoms with Crippen molar-refractivity contribution in [2.75, 3.05) is 57.9 Å². The van der Waals surface area contributed by atoms with E-state index >= 15 is 0 Å². The number of aromatic nitrogens is 2. The van der Waals surface area contributed by atoms with Crippen molar-refractivity contribution in [2.24, 2.45) is 4.99 Å². The summed E-state index contributed by atoms with van der Waals surface area (Å²) in [5, 5.41) is 1.10. The van der Waals surface area contributed by atoms with Gasteiger partial charge in [-0.1, -0.05) is 12.1 Å². The van der Waals surface area contributed by atoms with Crippen LogP contribution in [-0.4, -0.2) is 90.9 Å². The van der Waals surface area contributed by atoms with Gasteiger partial charge in [-0.05, 0) is 37.5 Å². The van der Waals surface area contributed by atoms with Crippen molar-refractivity contribution in [3.63, 3.8) is 0 Å². The van der Waals surface area contributed by atoms with E-state index in [1.807, 2.05) is 35.4 Å². The van der Waals surface area contributed by atoms with Crippen LogP contribution in [0.4, 0.5) is 11.5 Å². The third-order valence-corrected chi connectivity index (χ3v) is 7.53. The molecule has 0 spiro atoms. The van der Waals surface area contributed by atoms with E-state index in [1.165, 1.54) is 0 Å². The number of hydrogen-bond donors (Lipinski definition) is 0. The molecule has 2 aromatic carbocycles. The second kappa shape index (κ2) is 10.3. The Kier molecular flexibility index (Phi) is 6.61. The van der Waals surface area contributed by atoms with E-state index in [1.54, 1.807) is 19.5 Å². The largest absolute Gasteiger partial charge is 0.493 e. The van der Waals surface area contributed by atoms with Crippen molar-refractivity contribution >= 4 is 34.5 Å². The van der Waals surface area contributed by atoms with Gasteiger partial charge in [-0.25, -0.2) is 9.97 Å². The highest BCUT2D eigenvalue weighted by atomic mass is 16.5. The Bertz CT molecular complexity index is 1320. The summed E-state index contributed by atoms with van der Waals surface area (Å²) in [6.45, 7) is 6.13. The number of aliphatic imine (C=N–C) groups is 1. The van der Waals surface area contributed by atoms with Gasteiger partial charge in [0.2, 0.25) is 0 Å². The molecule has 0 bridgehead atoms. The molecule has 2 saturated heterocycles. The minimum absolute atomic E-state index is 0.0222. The van der Waals surface area contributed by atoms with Crippen molar-refractivity contribution in [3.8, 4) is 11.5 Å². The number of nitrogens with zero attached hydrogens (tertiary/aromatic N) is 6. The minimum atomic E-state index is 0.0222. The summed E-state index contributed by atoms with van der Waals surface area (Å²) in [5.41, 5.74) is 2.22. The van der Waals surface area contributed by atoms with Crippen molar-refractivity contribution in [1.29, 1.82) is 0 Å². The summed E-state index contributed by atoms with van der Waals surface area (Å²) in [5.74, 6) is 2.25. The molecule has 9 heteroatoms. The van der Waals surface area contributed by atoms with Gasteiger partial charge >= 0.3 is 0 Å². The molecule has 1 amide bonds. The Balaban J connectivity index is 1.03. The normalized spacial score (nSPS) is 19.6. The molecule has 3 aliphatic heterocycles. The molecule has 6 rings (SSSR count). The lowest BCUT2D eigenvalue weighted by Crippen LogP contribution is -2.47. The number of amides is 1. The number of carbonyl (C=O) groups is 1. The number of rotatable bonds is 7. The minimum Gasteiger partial charge on any atom is -0.493 e. The molecule has 0 N–H and O–H groups in total. The van der Waals surface area contributed by atoms with Gasteiger partial charge in [0, 0.05) is 56.9 Å². The third-order valence-electron chi connectivity index (χ3n) is 7.53. The Morgan fingerprint density at radius 1 is 1.03 bits per heavy atom. The highest BCUT2D eigenvalue weighted by Crippen LogP contribution is 2.38. The number of para-hydroxylation sites is 1. The number of hydrogen-bond acceptors (Lipinski definition) is 8. The Morgan fingerprint density at radius 2 is 1.89 bits per heavy atom. The second-order valence-corrected chi connectivity index (χ2v) is 9.75. The molecule has 4 heterocycles. The Morgan fingerprint density at radius 3 is 2.76 bits per heavy atom. The molecule has 3 aromatic rings. The summed E-state index contributed by atoms with van der Waals surface area (Å²) < 4.78 is 11.7. The van der Waals surface area contributed by atoms with E-state index in [0.29, 0.717) is 29.4 Å². The van der Waals surface area contributed by atoms with Crippen LogP contribution in [0.1, 0.15) is 29.6 Å². The molecular formula is C28H32N6O3. The second-order valence-electron chi connectivity index (χ2n) is 9.75. The number of anilines is 1.